The molecule has 0 aliphatic carbocycles. The van der Waals surface area contributed by atoms with Crippen molar-refractivity contribution in [2.75, 3.05) is 0 Å². The molecule has 2 saturated heterocycles. The first-order valence-electron chi connectivity index (χ1n) is 12.8. The molecule has 36 heavy (non-hydrogen) atoms. The average molecular weight is 522 g/mol. The lowest BCUT2D eigenvalue weighted by Gasteiger charge is -2.34. The van der Waals surface area contributed by atoms with Gasteiger partial charge in [-0.05, 0) is 56.4 Å². The molecule has 1 aromatic heterocycles. The molecule has 3 rings (SSSR count). The van der Waals surface area contributed by atoms with E-state index in [1.807, 2.05) is 19.9 Å². The van der Waals surface area contributed by atoms with Crippen molar-refractivity contribution in [2.24, 2.45) is 17.3 Å². The minimum Gasteiger partial charge on any atom is -0.458 e. The SMILES string of the molecule is CC(=Cc1ccc(Cl)cn1)[C@@H]1C[C@@H]2O[C@]2(C)CCC[C@H](C)[C@H](O)[C@@H](C)C(=O)C(C)(C)[C@@H](O)CC(=O)O1. The molecule has 0 spiro atoms. The third-order valence-electron chi connectivity index (χ3n) is 8.04. The van der Waals surface area contributed by atoms with Crippen molar-refractivity contribution in [3.8, 4) is 0 Å². The van der Waals surface area contributed by atoms with Gasteiger partial charge in [-0.1, -0.05) is 45.7 Å². The predicted molar refractivity (Wildman–Crippen MR) is 138 cm³/mol. The zero-order valence-corrected chi connectivity index (χ0v) is 22.9. The standard InChI is InChI=1S/C28H40ClNO6/c1-16-8-7-11-28(6)23(36-28)13-21(17(2)12-20-10-9-19(29)15-30-20)35-24(32)14-22(31)27(4,5)26(34)18(3)25(16)33/h9-10,12,15-16,18,21-23,25,31,33H,7-8,11,13-14H2,1-6H3/t16-,18+,21-,22-,23-,25-,28+/m0/s1. The molecule has 7 atom stereocenters. The Balaban J connectivity index is 1.86. The number of epoxide rings is 1. The maximum atomic E-state index is 13.2. The number of carbonyl (C=O) groups excluding carboxylic acids is 2. The van der Waals surface area contributed by atoms with Gasteiger partial charge in [0.1, 0.15) is 11.9 Å². The summed E-state index contributed by atoms with van der Waals surface area (Å²) in [5.74, 6) is -1.62. The molecule has 2 N–H and O–H groups in total. The smallest absolute Gasteiger partial charge is 0.309 e. The summed E-state index contributed by atoms with van der Waals surface area (Å²) in [4.78, 5) is 30.5. The fourth-order valence-corrected chi connectivity index (χ4v) is 5.20. The number of hydrogen-bond donors (Lipinski definition) is 2. The van der Waals surface area contributed by atoms with Gasteiger partial charge in [0.15, 0.2) is 0 Å². The Labute approximate surface area is 219 Å². The summed E-state index contributed by atoms with van der Waals surface area (Å²) in [6.07, 6.45) is 3.23. The quantitative estimate of drug-likeness (QED) is 0.426. The number of rotatable bonds is 2. The topological polar surface area (TPSA) is 109 Å². The van der Waals surface area contributed by atoms with E-state index in [9.17, 15) is 19.8 Å². The predicted octanol–water partition coefficient (Wildman–Crippen LogP) is 4.76. The second kappa shape index (κ2) is 11.3. The summed E-state index contributed by atoms with van der Waals surface area (Å²) in [5.41, 5.74) is -0.0592. The van der Waals surface area contributed by atoms with Gasteiger partial charge in [0.05, 0.1) is 46.5 Å². The third-order valence-corrected chi connectivity index (χ3v) is 8.26. The van der Waals surface area contributed by atoms with Gasteiger partial charge >= 0.3 is 5.97 Å². The van der Waals surface area contributed by atoms with Gasteiger partial charge in [-0.15, -0.1) is 0 Å². The first-order valence-corrected chi connectivity index (χ1v) is 13.2. The number of fused-ring (bicyclic) bond motifs is 1. The maximum Gasteiger partial charge on any atom is 0.309 e. The minimum atomic E-state index is -1.25. The van der Waals surface area contributed by atoms with E-state index in [1.165, 1.54) is 0 Å². The van der Waals surface area contributed by atoms with Crippen molar-refractivity contribution in [1.82, 2.24) is 4.98 Å². The molecule has 0 saturated carbocycles. The van der Waals surface area contributed by atoms with Gasteiger partial charge in [-0.2, -0.15) is 0 Å². The van der Waals surface area contributed by atoms with Crippen LogP contribution < -0.4 is 0 Å². The monoisotopic (exact) mass is 521 g/mol. The highest BCUT2D eigenvalue weighted by atomic mass is 35.5. The lowest BCUT2D eigenvalue weighted by Crippen LogP contribution is -2.45. The summed E-state index contributed by atoms with van der Waals surface area (Å²) < 4.78 is 11.9. The molecule has 2 fully saturated rings. The van der Waals surface area contributed by atoms with Crippen LogP contribution >= 0.6 is 11.6 Å². The van der Waals surface area contributed by atoms with Gasteiger partial charge in [0, 0.05) is 18.5 Å². The summed E-state index contributed by atoms with van der Waals surface area (Å²) in [5, 5.41) is 22.2. The molecular formula is C28H40ClNO6. The number of aromatic nitrogens is 1. The van der Waals surface area contributed by atoms with Crippen LogP contribution in [0.5, 0.6) is 0 Å². The van der Waals surface area contributed by atoms with E-state index in [4.69, 9.17) is 21.1 Å². The number of ketones is 1. The molecule has 0 unspecified atom stereocenters. The van der Waals surface area contributed by atoms with E-state index in [2.05, 4.69) is 11.9 Å². The van der Waals surface area contributed by atoms with E-state index < -0.39 is 35.6 Å². The highest BCUT2D eigenvalue weighted by Gasteiger charge is 2.53. The van der Waals surface area contributed by atoms with Crippen LogP contribution in [0.1, 0.15) is 79.3 Å². The second-order valence-electron chi connectivity index (χ2n) is 11.4. The largest absolute Gasteiger partial charge is 0.458 e. The van der Waals surface area contributed by atoms with Crippen LogP contribution in [0.3, 0.4) is 0 Å². The number of pyridine rings is 1. The van der Waals surface area contributed by atoms with Gasteiger partial charge in [-0.3, -0.25) is 14.6 Å². The minimum absolute atomic E-state index is 0.0770. The van der Waals surface area contributed by atoms with E-state index in [0.29, 0.717) is 17.1 Å². The zero-order chi connectivity index (χ0) is 26.8. The van der Waals surface area contributed by atoms with Crippen molar-refractivity contribution in [3.05, 3.63) is 34.6 Å². The molecule has 2 aliphatic heterocycles. The van der Waals surface area contributed by atoms with E-state index in [0.717, 1.165) is 24.8 Å². The summed E-state index contributed by atoms with van der Waals surface area (Å²) in [6, 6.07) is 3.53. The van der Waals surface area contributed by atoms with Crippen LogP contribution in [0.15, 0.2) is 23.9 Å². The molecule has 8 heteroatoms. The number of cyclic esters (lactones) is 1. The number of carbonyl (C=O) groups is 2. The number of aliphatic hydroxyl groups is 2. The average Bonchev–Trinajstić information content (AvgIpc) is 3.46. The second-order valence-corrected chi connectivity index (χ2v) is 11.8. The van der Waals surface area contributed by atoms with Crippen LogP contribution in [-0.2, 0) is 19.1 Å². The van der Waals surface area contributed by atoms with Gasteiger partial charge in [0.25, 0.3) is 0 Å². The summed E-state index contributed by atoms with van der Waals surface area (Å²) in [6.45, 7) is 10.8. The van der Waals surface area contributed by atoms with E-state index >= 15 is 0 Å². The van der Waals surface area contributed by atoms with Crippen molar-refractivity contribution in [1.29, 1.82) is 0 Å². The number of aliphatic hydroxyl groups excluding tert-OH is 2. The van der Waals surface area contributed by atoms with Gasteiger partial charge in [0.2, 0.25) is 0 Å². The Morgan fingerprint density at radius 2 is 1.89 bits per heavy atom. The van der Waals surface area contributed by atoms with Crippen molar-refractivity contribution >= 4 is 29.4 Å². The number of nitrogens with zero attached hydrogens (tertiary/aromatic N) is 1. The Hall–Kier alpha value is -1.80. The van der Waals surface area contributed by atoms with Crippen LogP contribution in [0.4, 0.5) is 0 Å². The lowest BCUT2D eigenvalue weighted by molar-refractivity contribution is -0.154. The number of Topliss-reactive ketones (excluding diaryl/α,β-unsaturated/α-hetero) is 1. The Bertz CT molecular complexity index is 977. The summed E-state index contributed by atoms with van der Waals surface area (Å²) >= 11 is 5.95. The Kier molecular flexibility index (Phi) is 9.03. The lowest BCUT2D eigenvalue weighted by atomic mass is 9.73. The molecule has 0 amide bonds. The number of ether oxygens (including phenoxy) is 2. The van der Waals surface area contributed by atoms with Crippen molar-refractivity contribution in [3.63, 3.8) is 0 Å². The van der Waals surface area contributed by atoms with Crippen LogP contribution in [0.2, 0.25) is 5.02 Å². The first kappa shape index (κ1) is 28.8. The number of hydrogen-bond acceptors (Lipinski definition) is 7. The fourth-order valence-electron chi connectivity index (χ4n) is 5.09. The molecule has 0 bridgehead atoms. The van der Waals surface area contributed by atoms with Crippen molar-refractivity contribution in [2.45, 2.75) is 104 Å². The molecule has 3 heterocycles. The number of esters is 1. The molecule has 1 aromatic rings. The zero-order valence-electron chi connectivity index (χ0n) is 22.2. The maximum absolute atomic E-state index is 13.2. The van der Waals surface area contributed by atoms with E-state index in [-0.39, 0.29) is 29.8 Å². The molecule has 0 aromatic carbocycles. The molecule has 2 aliphatic rings. The number of halogens is 1. The van der Waals surface area contributed by atoms with Crippen molar-refractivity contribution < 1.29 is 29.3 Å². The molecule has 7 nitrogen and oxygen atoms in total. The first-order chi connectivity index (χ1) is 16.7. The molecule has 200 valence electrons. The Morgan fingerprint density at radius 3 is 2.53 bits per heavy atom. The van der Waals surface area contributed by atoms with Gasteiger partial charge in [-0.25, -0.2) is 0 Å². The molecular weight excluding hydrogens is 482 g/mol. The van der Waals surface area contributed by atoms with E-state index in [1.54, 1.807) is 39.1 Å². The van der Waals surface area contributed by atoms with Gasteiger partial charge < -0.3 is 19.7 Å². The highest BCUT2D eigenvalue weighted by molar-refractivity contribution is 6.30. The normalized spacial score (nSPS) is 36.6. The van der Waals surface area contributed by atoms with Crippen LogP contribution in [0, 0.1) is 17.3 Å². The fraction of sp³-hybridized carbons (Fsp3) is 0.679. The highest BCUT2D eigenvalue weighted by Crippen LogP contribution is 2.45. The molecule has 0 radical (unpaired) electrons. The summed E-state index contributed by atoms with van der Waals surface area (Å²) in [7, 11) is 0. The third kappa shape index (κ3) is 6.74. The van der Waals surface area contributed by atoms with Crippen LogP contribution in [0.25, 0.3) is 6.08 Å². The Morgan fingerprint density at radius 1 is 1.19 bits per heavy atom. The van der Waals surface area contributed by atoms with Crippen LogP contribution in [-0.4, -0.2) is 57.0 Å².